The number of amides is 2. The summed E-state index contributed by atoms with van der Waals surface area (Å²) >= 11 is 1.64. The second-order valence-electron chi connectivity index (χ2n) is 6.33. The topological polar surface area (TPSA) is 96.1 Å². The van der Waals surface area contributed by atoms with Gasteiger partial charge < -0.3 is 15.4 Å². The Bertz CT molecular complexity index is 1220. The molecule has 29 heavy (non-hydrogen) atoms. The average molecular weight is 406 g/mol. The lowest BCUT2D eigenvalue weighted by atomic mass is 10.1. The highest BCUT2D eigenvalue weighted by atomic mass is 32.1. The molecule has 0 saturated carbocycles. The molecule has 2 aromatic carbocycles. The van der Waals surface area contributed by atoms with Crippen LogP contribution < -0.4 is 20.9 Å². The molecule has 146 valence electrons. The predicted molar refractivity (Wildman–Crippen MR) is 115 cm³/mol. The van der Waals surface area contributed by atoms with Gasteiger partial charge in [0.2, 0.25) is 0 Å². The molecule has 0 aliphatic heterocycles. The number of urea groups is 1. The molecule has 2 aromatic heterocycles. The maximum Gasteiger partial charge on any atom is 0.323 e. The molecule has 2 amide bonds. The highest BCUT2D eigenvalue weighted by Gasteiger charge is 2.10. The number of nitrogens with one attached hydrogen (secondary N) is 3. The van der Waals surface area contributed by atoms with E-state index in [1.54, 1.807) is 54.8 Å². The SMILES string of the molecule is COc1cccc(NC(=O)Nc2ccc3c(Cc4cccs4)n[nH]c(=O)c3c2)c1. The van der Waals surface area contributed by atoms with E-state index in [0.29, 0.717) is 28.9 Å². The van der Waals surface area contributed by atoms with Gasteiger partial charge in [0.25, 0.3) is 5.56 Å². The van der Waals surface area contributed by atoms with Gasteiger partial charge in [-0.1, -0.05) is 18.2 Å². The molecule has 0 fully saturated rings. The number of nitrogens with zero attached hydrogens (tertiary/aromatic N) is 1. The predicted octanol–water partition coefficient (Wildman–Crippen LogP) is 4.23. The van der Waals surface area contributed by atoms with Gasteiger partial charge in [-0.2, -0.15) is 5.10 Å². The van der Waals surface area contributed by atoms with Crippen molar-refractivity contribution in [3.05, 3.63) is 80.9 Å². The first-order valence-corrected chi connectivity index (χ1v) is 9.76. The number of aromatic nitrogens is 2. The third-order valence-corrected chi connectivity index (χ3v) is 5.25. The molecular formula is C21H18N4O3S. The van der Waals surface area contributed by atoms with Gasteiger partial charge in [0.1, 0.15) is 5.75 Å². The lowest BCUT2D eigenvalue weighted by molar-refractivity contribution is 0.262. The number of methoxy groups -OCH3 is 1. The zero-order valence-corrected chi connectivity index (χ0v) is 16.4. The van der Waals surface area contributed by atoms with Crippen LogP contribution in [0.3, 0.4) is 0 Å². The maximum atomic E-state index is 12.3. The Morgan fingerprint density at radius 2 is 1.90 bits per heavy atom. The van der Waals surface area contributed by atoms with Crippen molar-refractivity contribution in [1.29, 1.82) is 0 Å². The Morgan fingerprint density at radius 1 is 1.07 bits per heavy atom. The summed E-state index contributed by atoms with van der Waals surface area (Å²) in [5, 5.41) is 15.5. The summed E-state index contributed by atoms with van der Waals surface area (Å²) in [6.07, 6.45) is 0.633. The number of carbonyl (C=O) groups excluding carboxylic acids is 1. The van der Waals surface area contributed by atoms with Crippen LogP contribution in [0.5, 0.6) is 5.75 Å². The first-order chi connectivity index (χ1) is 14.1. The summed E-state index contributed by atoms with van der Waals surface area (Å²) in [5.74, 6) is 0.644. The quantitative estimate of drug-likeness (QED) is 0.462. The lowest BCUT2D eigenvalue weighted by Gasteiger charge is -2.10. The number of rotatable bonds is 5. The molecule has 4 aromatic rings. The number of ether oxygens (including phenoxy) is 1. The van der Waals surface area contributed by atoms with Gasteiger partial charge in [-0.05, 0) is 35.7 Å². The smallest absolute Gasteiger partial charge is 0.323 e. The molecule has 2 heterocycles. The van der Waals surface area contributed by atoms with Crippen LogP contribution in [0.2, 0.25) is 0 Å². The largest absolute Gasteiger partial charge is 0.497 e. The molecule has 3 N–H and O–H groups in total. The van der Waals surface area contributed by atoms with Gasteiger partial charge in [-0.3, -0.25) is 4.79 Å². The van der Waals surface area contributed by atoms with E-state index >= 15 is 0 Å². The van der Waals surface area contributed by atoms with Gasteiger partial charge >= 0.3 is 6.03 Å². The molecule has 0 saturated heterocycles. The zero-order chi connectivity index (χ0) is 20.2. The number of anilines is 2. The molecule has 0 bridgehead atoms. The van der Waals surface area contributed by atoms with E-state index in [0.717, 1.165) is 16.0 Å². The zero-order valence-electron chi connectivity index (χ0n) is 15.6. The summed E-state index contributed by atoms with van der Waals surface area (Å²) in [7, 11) is 1.56. The van der Waals surface area contributed by atoms with Crippen LogP contribution in [-0.2, 0) is 6.42 Å². The fraction of sp³-hybridized carbons (Fsp3) is 0.0952. The number of H-pyrrole nitrogens is 1. The Morgan fingerprint density at radius 3 is 2.66 bits per heavy atom. The Hall–Kier alpha value is -3.65. The highest BCUT2D eigenvalue weighted by molar-refractivity contribution is 7.09. The molecule has 0 radical (unpaired) electrons. The lowest BCUT2D eigenvalue weighted by Crippen LogP contribution is -2.20. The molecule has 0 unspecified atom stereocenters. The number of fused-ring (bicyclic) bond motifs is 1. The third-order valence-electron chi connectivity index (χ3n) is 4.37. The Kier molecular flexibility index (Phi) is 5.26. The van der Waals surface area contributed by atoms with Crippen molar-refractivity contribution in [2.24, 2.45) is 0 Å². The summed E-state index contributed by atoms with van der Waals surface area (Å²) in [6.45, 7) is 0. The molecule has 8 heteroatoms. The van der Waals surface area contributed by atoms with Crippen LogP contribution in [0.1, 0.15) is 10.6 Å². The number of benzene rings is 2. The van der Waals surface area contributed by atoms with Crippen LogP contribution >= 0.6 is 11.3 Å². The highest BCUT2D eigenvalue weighted by Crippen LogP contribution is 2.22. The van der Waals surface area contributed by atoms with Crippen molar-refractivity contribution >= 4 is 39.5 Å². The van der Waals surface area contributed by atoms with Crippen LogP contribution in [-0.4, -0.2) is 23.3 Å². The Labute approximate surface area is 170 Å². The number of hydrogen-bond acceptors (Lipinski definition) is 5. The van der Waals surface area contributed by atoms with Crippen LogP contribution in [0, 0.1) is 0 Å². The maximum absolute atomic E-state index is 12.3. The molecule has 4 rings (SSSR count). The van der Waals surface area contributed by atoms with Crippen molar-refractivity contribution < 1.29 is 9.53 Å². The van der Waals surface area contributed by atoms with E-state index in [4.69, 9.17) is 4.74 Å². The van der Waals surface area contributed by atoms with Crippen molar-refractivity contribution in [1.82, 2.24) is 10.2 Å². The summed E-state index contributed by atoms with van der Waals surface area (Å²) < 4.78 is 5.15. The van der Waals surface area contributed by atoms with Crippen molar-refractivity contribution in [3.63, 3.8) is 0 Å². The van der Waals surface area contributed by atoms with Gasteiger partial charge in [0.15, 0.2) is 0 Å². The monoisotopic (exact) mass is 406 g/mol. The first kappa shape index (κ1) is 18.7. The number of aromatic amines is 1. The second kappa shape index (κ2) is 8.15. The van der Waals surface area contributed by atoms with Crippen LogP contribution in [0.25, 0.3) is 10.8 Å². The van der Waals surface area contributed by atoms with E-state index in [-0.39, 0.29) is 5.56 Å². The summed E-state index contributed by atoms with van der Waals surface area (Å²) in [4.78, 5) is 25.8. The van der Waals surface area contributed by atoms with Crippen LogP contribution in [0.15, 0.2) is 64.8 Å². The number of carbonyl (C=O) groups is 1. The first-order valence-electron chi connectivity index (χ1n) is 8.88. The van der Waals surface area contributed by atoms with E-state index in [2.05, 4.69) is 20.8 Å². The van der Waals surface area contributed by atoms with E-state index in [1.807, 2.05) is 23.6 Å². The third kappa shape index (κ3) is 4.27. The van der Waals surface area contributed by atoms with Crippen LogP contribution in [0.4, 0.5) is 16.2 Å². The van der Waals surface area contributed by atoms with E-state index < -0.39 is 6.03 Å². The molecular weight excluding hydrogens is 388 g/mol. The van der Waals surface area contributed by atoms with Crippen molar-refractivity contribution in [3.8, 4) is 5.75 Å². The fourth-order valence-corrected chi connectivity index (χ4v) is 3.72. The van der Waals surface area contributed by atoms with Crippen molar-refractivity contribution in [2.75, 3.05) is 17.7 Å². The fourth-order valence-electron chi connectivity index (χ4n) is 3.01. The van der Waals surface area contributed by atoms with E-state index in [1.165, 1.54) is 0 Å². The molecule has 7 nitrogen and oxygen atoms in total. The minimum Gasteiger partial charge on any atom is -0.497 e. The van der Waals surface area contributed by atoms with Gasteiger partial charge in [-0.25, -0.2) is 9.89 Å². The number of hydrogen-bond donors (Lipinski definition) is 3. The molecule has 0 atom stereocenters. The minimum absolute atomic E-state index is 0.299. The van der Waals surface area contributed by atoms with Crippen molar-refractivity contribution in [2.45, 2.75) is 6.42 Å². The second-order valence-corrected chi connectivity index (χ2v) is 7.36. The van der Waals surface area contributed by atoms with Gasteiger partial charge in [-0.15, -0.1) is 11.3 Å². The summed E-state index contributed by atoms with van der Waals surface area (Å²) in [6, 6.07) is 15.9. The standard InChI is InChI=1S/C21H18N4O3S/c1-28-15-5-2-4-13(10-15)22-21(27)23-14-7-8-17-18(11-14)20(26)25-24-19(17)12-16-6-3-9-29-16/h2-11H,12H2,1H3,(H,25,26)(H2,22,23,27). The average Bonchev–Trinajstić information content (AvgIpc) is 3.23. The van der Waals surface area contributed by atoms with Gasteiger partial charge in [0.05, 0.1) is 18.2 Å². The summed E-state index contributed by atoms with van der Waals surface area (Å²) in [5.41, 5.74) is 1.60. The molecule has 0 spiro atoms. The van der Waals surface area contributed by atoms with Gasteiger partial charge in [0, 0.05) is 34.1 Å². The molecule has 0 aliphatic rings. The number of thiophene rings is 1. The Balaban J connectivity index is 1.56. The van der Waals surface area contributed by atoms with E-state index in [9.17, 15) is 9.59 Å². The molecule has 0 aliphatic carbocycles. The minimum atomic E-state index is -0.415. The normalized spacial score (nSPS) is 10.7.